The number of carbonyl (C=O) groups is 1. The number of hydrogen-bond acceptors (Lipinski definition) is 4. The number of para-hydroxylation sites is 1. The van der Waals surface area contributed by atoms with Gasteiger partial charge in [0.2, 0.25) is 0 Å². The Labute approximate surface area is 162 Å². The van der Waals surface area contributed by atoms with Gasteiger partial charge in [-0.15, -0.1) is 0 Å². The molecule has 2 saturated carbocycles. The Morgan fingerprint density at radius 3 is 2.70 bits per heavy atom. The molecule has 1 saturated heterocycles. The smallest absolute Gasteiger partial charge is 0.308 e. The number of esters is 1. The third kappa shape index (κ3) is 3.31. The van der Waals surface area contributed by atoms with E-state index in [-0.39, 0.29) is 17.5 Å². The van der Waals surface area contributed by atoms with E-state index in [2.05, 4.69) is 20.8 Å². The first kappa shape index (κ1) is 18.9. The average Bonchev–Trinajstić information content (AvgIpc) is 2.60. The molecule has 27 heavy (non-hydrogen) atoms. The van der Waals surface area contributed by atoms with Gasteiger partial charge in [0.1, 0.15) is 5.75 Å². The van der Waals surface area contributed by atoms with Gasteiger partial charge in [-0.2, -0.15) is 0 Å². The molecule has 1 aromatic rings. The number of carbonyl (C=O) groups excluding carboxylic acids is 1. The zero-order chi connectivity index (χ0) is 19.2. The molecule has 4 heteroatoms. The fourth-order valence-corrected chi connectivity index (χ4v) is 6.22. The molecule has 1 heterocycles. The summed E-state index contributed by atoms with van der Waals surface area (Å²) in [6.45, 7) is 9.49. The molecule has 3 fully saturated rings. The van der Waals surface area contributed by atoms with Gasteiger partial charge in [-0.05, 0) is 48.5 Å². The van der Waals surface area contributed by atoms with Crippen LogP contribution in [-0.2, 0) is 14.3 Å². The third-order valence-electron chi connectivity index (χ3n) is 7.46. The zero-order valence-corrected chi connectivity index (χ0v) is 17.0. The Balaban J connectivity index is 1.55. The summed E-state index contributed by atoms with van der Waals surface area (Å²) in [5, 5.41) is 0. The van der Waals surface area contributed by atoms with Crippen LogP contribution in [0.5, 0.6) is 5.75 Å². The second-order valence-corrected chi connectivity index (χ2v) is 9.56. The monoisotopic (exact) mass is 372 g/mol. The van der Waals surface area contributed by atoms with Crippen molar-refractivity contribution in [3.05, 3.63) is 29.8 Å². The van der Waals surface area contributed by atoms with Crippen LogP contribution < -0.4 is 4.74 Å². The van der Waals surface area contributed by atoms with E-state index in [1.165, 1.54) is 32.6 Å². The van der Waals surface area contributed by atoms with Crippen LogP contribution in [0, 0.1) is 22.7 Å². The summed E-state index contributed by atoms with van der Waals surface area (Å²) < 4.78 is 18.1. The van der Waals surface area contributed by atoms with Gasteiger partial charge in [-0.3, -0.25) is 4.79 Å². The molecule has 4 rings (SSSR count). The third-order valence-corrected chi connectivity index (χ3v) is 7.46. The Morgan fingerprint density at radius 2 is 1.93 bits per heavy atom. The fraction of sp³-hybridized carbons (Fsp3) is 0.696. The number of ether oxygens (including phenoxy) is 3. The maximum absolute atomic E-state index is 11.4. The summed E-state index contributed by atoms with van der Waals surface area (Å²) in [7, 11) is 0. The van der Waals surface area contributed by atoms with E-state index in [4.69, 9.17) is 14.2 Å². The van der Waals surface area contributed by atoms with Crippen molar-refractivity contribution in [3.63, 3.8) is 0 Å². The van der Waals surface area contributed by atoms with Crippen LogP contribution in [0.3, 0.4) is 0 Å². The first-order valence-electron chi connectivity index (χ1n) is 10.4. The van der Waals surface area contributed by atoms with Gasteiger partial charge in [0.15, 0.2) is 6.29 Å². The van der Waals surface area contributed by atoms with Crippen LogP contribution >= 0.6 is 0 Å². The molecule has 0 N–H and O–H groups in total. The van der Waals surface area contributed by atoms with Crippen molar-refractivity contribution < 1.29 is 19.0 Å². The van der Waals surface area contributed by atoms with E-state index >= 15 is 0 Å². The Morgan fingerprint density at radius 1 is 1.15 bits per heavy atom. The van der Waals surface area contributed by atoms with Crippen molar-refractivity contribution in [1.82, 2.24) is 0 Å². The molecular weight excluding hydrogens is 340 g/mol. The number of rotatable bonds is 2. The predicted molar refractivity (Wildman–Crippen MR) is 103 cm³/mol. The van der Waals surface area contributed by atoms with Crippen molar-refractivity contribution in [2.45, 2.75) is 72.2 Å². The second-order valence-electron chi connectivity index (χ2n) is 9.56. The van der Waals surface area contributed by atoms with E-state index in [0.717, 1.165) is 17.9 Å². The standard InChI is InChI=1S/C23H32O4/c1-15(24)26-18-9-6-5-8-16(18)21-25-14-17-19(27-21)10-11-20-22(2,3)12-7-13-23(17,20)4/h5-6,8-9,17,19-21H,7,10-14H2,1-4H3/t17-,19+,20-,21-,23-/m0/s1. The van der Waals surface area contributed by atoms with Crippen molar-refractivity contribution in [3.8, 4) is 5.75 Å². The second kappa shape index (κ2) is 6.89. The van der Waals surface area contributed by atoms with Gasteiger partial charge < -0.3 is 14.2 Å². The maximum atomic E-state index is 11.4. The molecule has 2 aliphatic carbocycles. The highest BCUT2D eigenvalue weighted by molar-refractivity contribution is 5.69. The summed E-state index contributed by atoms with van der Waals surface area (Å²) in [6.07, 6.45) is 5.95. The van der Waals surface area contributed by atoms with Gasteiger partial charge in [-0.25, -0.2) is 0 Å². The lowest BCUT2D eigenvalue weighted by Crippen LogP contribution is -2.57. The van der Waals surface area contributed by atoms with Gasteiger partial charge in [0, 0.05) is 12.8 Å². The zero-order valence-electron chi connectivity index (χ0n) is 17.0. The highest BCUT2D eigenvalue weighted by Gasteiger charge is 2.56. The van der Waals surface area contributed by atoms with Crippen LogP contribution in [0.1, 0.15) is 71.7 Å². The van der Waals surface area contributed by atoms with Crippen LogP contribution in [0.4, 0.5) is 0 Å². The van der Waals surface area contributed by atoms with Crippen molar-refractivity contribution in [1.29, 1.82) is 0 Å². The van der Waals surface area contributed by atoms with Gasteiger partial charge in [0.25, 0.3) is 0 Å². The van der Waals surface area contributed by atoms with E-state index in [1.54, 1.807) is 6.07 Å². The van der Waals surface area contributed by atoms with Crippen LogP contribution in [-0.4, -0.2) is 18.7 Å². The maximum Gasteiger partial charge on any atom is 0.308 e. The number of hydrogen-bond donors (Lipinski definition) is 0. The average molecular weight is 373 g/mol. The molecule has 1 aliphatic heterocycles. The minimum Gasteiger partial charge on any atom is -0.426 e. The Bertz CT molecular complexity index is 712. The molecular formula is C23H32O4. The quantitative estimate of drug-likeness (QED) is 0.524. The molecule has 0 amide bonds. The highest BCUT2D eigenvalue weighted by atomic mass is 16.7. The van der Waals surface area contributed by atoms with Crippen molar-refractivity contribution >= 4 is 5.97 Å². The lowest BCUT2D eigenvalue weighted by molar-refractivity contribution is -0.286. The van der Waals surface area contributed by atoms with Gasteiger partial charge >= 0.3 is 5.97 Å². The molecule has 0 radical (unpaired) electrons. The SMILES string of the molecule is CC(=O)Oc1ccccc1[C@H]1OC[C@H]2[C@@H](CC[C@H]3C(C)(C)CCC[C@@]23C)O1. The molecule has 1 aromatic carbocycles. The molecule has 0 unspecified atom stereocenters. The molecule has 0 bridgehead atoms. The minimum absolute atomic E-state index is 0.212. The van der Waals surface area contributed by atoms with Crippen LogP contribution in [0.15, 0.2) is 24.3 Å². The van der Waals surface area contributed by atoms with Crippen molar-refractivity contribution in [2.24, 2.45) is 22.7 Å². The van der Waals surface area contributed by atoms with E-state index < -0.39 is 6.29 Å². The summed E-state index contributed by atoms with van der Waals surface area (Å²) in [4.78, 5) is 11.4. The topological polar surface area (TPSA) is 44.8 Å². The van der Waals surface area contributed by atoms with E-state index in [0.29, 0.717) is 23.7 Å². The molecule has 4 nitrogen and oxygen atoms in total. The first-order chi connectivity index (χ1) is 12.8. The van der Waals surface area contributed by atoms with Crippen molar-refractivity contribution in [2.75, 3.05) is 6.61 Å². The summed E-state index contributed by atoms with van der Waals surface area (Å²) in [5.74, 6) is 1.38. The van der Waals surface area contributed by atoms with Crippen LogP contribution in [0.25, 0.3) is 0 Å². The minimum atomic E-state index is -0.460. The van der Waals surface area contributed by atoms with Crippen LogP contribution in [0.2, 0.25) is 0 Å². The summed E-state index contributed by atoms with van der Waals surface area (Å²) >= 11 is 0. The van der Waals surface area contributed by atoms with Gasteiger partial charge in [0.05, 0.1) is 18.3 Å². The molecule has 0 aromatic heterocycles. The van der Waals surface area contributed by atoms with Gasteiger partial charge in [-0.1, -0.05) is 45.4 Å². The molecule has 0 spiro atoms. The summed E-state index contributed by atoms with van der Waals surface area (Å²) in [6, 6.07) is 7.53. The Hall–Kier alpha value is -1.39. The molecule has 3 aliphatic rings. The fourth-order valence-electron chi connectivity index (χ4n) is 6.22. The van der Waals surface area contributed by atoms with E-state index in [9.17, 15) is 4.79 Å². The largest absolute Gasteiger partial charge is 0.426 e. The number of fused-ring (bicyclic) bond motifs is 3. The number of benzene rings is 1. The lowest BCUT2D eigenvalue weighted by atomic mass is 9.48. The predicted octanol–water partition coefficient (Wildman–Crippen LogP) is 5.27. The molecule has 148 valence electrons. The highest BCUT2D eigenvalue weighted by Crippen LogP contribution is 2.61. The summed E-state index contributed by atoms with van der Waals surface area (Å²) in [5.41, 5.74) is 1.49. The Kier molecular flexibility index (Phi) is 4.84. The first-order valence-corrected chi connectivity index (χ1v) is 10.4. The normalized spacial score (nSPS) is 37.8. The van der Waals surface area contributed by atoms with E-state index in [1.807, 2.05) is 18.2 Å². The molecule has 5 atom stereocenters. The lowest BCUT2D eigenvalue weighted by Gasteiger charge is -2.60.